The van der Waals surface area contributed by atoms with E-state index in [9.17, 15) is 4.79 Å². The van der Waals surface area contributed by atoms with Gasteiger partial charge < -0.3 is 21.1 Å². The number of methoxy groups -OCH3 is 1. The summed E-state index contributed by atoms with van der Waals surface area (Å²) in [6.07, 6.45) is 3.63. The highest BCUT2D eigenvalue weighted by Crippen LogP contribution is 2.27. The molecule has 8 nitrogen and oxygen atoms in total. The lowest BCUT2D eigenvalue weighted by Gasteiger charge is -2.16. The largest absolute Gasteiger partial charge is 0.496 e. The maximum atomic E-state index is 12.5. The second kappa shape index (κ2) is 11.6. The molecule has 0 saturated carbocycles. The molecule has 0 radical (unpaired) electrons. The number of nitrogens with two attached hydrogens (primary N) is 1. The molecule has 30 heavy (non-hydrogen) atoms. The summed E-state index contributed by atoms with van der Waals surface area (Å²) in [5, 5.41) is 14.8. The molecule has 0 unspecified atom stereocenters. The SMILES string of the molecule is CCCCNc1nc(N)nc(C)c1Cc1cc(C(=O)NCCCC#N)ccc1OC. The van der Waals surface area contributed by atoms with Gasteiger partial charge in [-0.15, -0.1) is 0 Å². The molecule has 8 heteroatoms. The Morgan fingerprint density at radius 3 is 2.77 bits per heavy atom. The number of nitrogens with zero attached hydrogens (tertiary/aromatic N) is 3. The Kier molecular flexibility index (Phi) is 8.88. The van der Waals surface area contributed by atoms with E-state index >= 15 is 0 Å². The number of benzene rings is 1. The topological polar surface area (TPSA) is 126 Å². The van der Waals surface area contributed by atoms with Gasteiger partial charge in [0, 0.05) is 42.8 Å². The van der Waals surface area contributed by atoms with Crippen molar-refractivity contribution in [2.45, 2.75) is 46.0 Å². The average Bonchev–Trinajstić information content (AvgIpc) is 2.73. The molecule has 1 aromatic carbocycles. The van der Waals surface area contributed by atoms with Crippen molar-refractivity contribution in [3.63, 3.8) is 0 Å². The molecule has 2 rings (SSSR count). The molecule has 1 aromatic heterocycles. The van der Waals surface area contributed by atoms with Crippen LogP contribution in [-0.4, -0.2) is 36.1 Å². The van der Waals surface area contributed by atoms with E-state index in [4.69, 9.17) is 15.7 Å². The third kappa shape index (κ3) is 6.34. The van der Waals surface area contributed by atoms with Crippen LogP contribution in [0.4, 0.5) is 11.8 Å². The van der Waals surface area contributed by atoms with Gasteiger partial charge in [0.05, 0.1) is 13.2 Å². The summed E-state index contributed by atoms with van der Waals surface area (Å²) in [5.41, 5.74) is 8.96. The summed E-state index contributed by atoms with van der Waals surface area (Å²) < 4.78 is 5.51. The Balaban J connectivity index is 2.28. The third-order valence-corrected chi connectivity index (χ3v) is 4.71. The molecule has 1 heterocycles. The zero-order chi connectivity index (χ0) is 21.9. The van der Waals surface area contributed by atoms with Gasteiger partial charge in [0.15, 0.2) is 0 Å². The van der Waals surface area contributed by atoms with E-state index in [1.807, 2.05) is 13.0 Å². The van der Waals surface area contributed by atoms with Gasteiger partial charge in [0.1, 0.15) is 11.6 Å². The second-order valence-corrected chi connectivity index (χ2v) is 7.00. The first-order chi connectivity index (χ1) is 14.5. The number of nitriles is 1. The number of hydrogen-bond acceptors (Lipinski definition) is 7. The molecule has 0 aliphatic carbocycles. The highest BCUT2D eigenvalue weighted by atomic mass is 16.5. The van der Waals surface area contributed by atoms with Gasteiger partial charge in [-0.2, -0.15) is 10.2 Å². The van der Waals surface area contributed by atoms with Crippen molar-refractivity contribution in [3.05, 3.63) is 40.6 Å². The van der Waals surface area contributed by atoms with E-state index in [1.165, 1.54) is 0 Å². The number of carbonyl (C=O) groups excluding carboxylic acids is 1. The zero-order valence-electron chi connectivity index (χ0n) is 17.9. The first kappa shape index (κ1) is 22.9. The molecule has 0 aliphatic heterocycles. The van der Waals surface area contributed by atoms with Crippen LogP contribution in [0.2, 0.25) is 0 Å². The highest BCUT2D eigenvalue weighted by molar-refractivity contribution is 5.94. The molecule has 2 aromatic rings. The molecule has 4 N–H and O–H groups in total. The first-order valence-electron chi connectivity index (χ1n) is 10.2. The lowest BCUT2D eigenvalue weighted by Crippen LogP contribution is -2.24. The van der Waals surface area contributed by atoms with Crippen LogP contribution < -0.4 is 21.1 Å². The van der Waals surface area contributed by atoms with Crippen molar-refractivity contribution in [1.82, 2.24) is 15.3 Å². The van der Waals surface area contributed by atoms with Gasteiger partial charge in [0.2, 0.25) is 5.95 Å². The van der Waals surface area contributed by atoms with Crippen molar-refractivity contribution in [3.8, 4) is 11.8 Å². The first-order valence-corrected chi connectivity index (χ1v) is 10.2. The fraction of sp³-hybridized carbons (Fsp3) is 0.455. The van der Waals surface area contributed by atoms with E-state index in [-0.39, 0.29) is 11.9 Å². The van der Waals surface area contributed by atoms with Crippen LogP contribution in [0.25, 0.3) is 0 Å². The molecule has 0 spiro atoms. The van der Waals surface area contributed by atoms with Crippen LogP contribution in [0.15, 0.2) is 18.2 Å². The number of nitrogen functional groups attached to an aromatic ring is 1. The average molecular weight is 411 g/mol. The van der Waals surface area contributed by atoms with Crippen molar-refractivity contribution >= 4 is 17.7 Å². The Labute approximate surface area is 177 Å². The number of unbranched alkanes of at least 4 members (excludes halogenated alkanes) is 2. The summed E-state index contributed by atoms with van der Waals surface area (Å²) in [7, 11) is 1.60. The number of aryl methyl sites for hydroxylation is 1. The van der Waals surface area contributed by atoms with E-state index in [1.54, 1.807) is 19.2 Å². The van der Waals surface area contributed by atoms with Crippen LogP contribution in [-0.2, 0) is 6.42 Å². The number of hydrogen-bond donors (Lipinski definition) is 3. The van der Waals surface area contributed by atoms with Gasteiger partial charge in [-0.1, -0.05) is 13.3 Å². The maximum Gasteiger partial charge on any atom is 0.251 e. The predicted molar refractivity (Wildman–Crippen MR) is 118 cm³/mol. The fourth-order valence-corrected chi connectivity index (χ4v) is 3.08. The normalized spacial score (nSPS) is 10.3. The summed E-state index contributed by atoms with van der Waals surface area (Å²) in [5.74, 6) is 1.45. The number of aromatic nitrogens is 2. The molecule has 1 amide bonds. The highest BCUT2D eigenvalue weighted by Gasteiger charge is 2.16. The van der Waals surface area contributed by atoms with Gasteiger partial charge >= 0.3 is 0 Å². The van der Waals surface area contributed by atoms with Crippen LogP contribution in [0.3, 0.4) is 0 Å². The summed E-state index contributed by atoms with van der Waals surface area (Å²) >= 11 is 0. The van der Waals surface area contributed by atoms with Crippen molar-refractivity contribution in [2.24, 2.45) is 0 Å². The summed E-state index contributed by atoms with van der Waals surface area (Å²) in [6.45, 7) is 5.28. The zero-order valence-corrected chi connectivity index (χ0v) is 17.9. The van der Waals surface area contributed by atoms with Crippen molar-refractivity contribution in [1.29, 1.82) is 5.26 Å². The molecule has 0 saturated heterocycles. The molecule has 0 aliphatic rings. The lowest BCUT2D eigenvalue weighted by molar-refractivity contribution is 0.0953. The standard InChI is InChI=1S/C22H30N6O2/c1-4-5-11-25-20-18(15(2)27-22(24)28-20)14-17-13-16(8-9-19(17)30-3)21(29)26-12-7-6-10-23/h8-9,13H,4-7,11-12,14H2,1-3H3,(H,26,29)(H3,24,25,27,28). The molecule has 160 valence electrons. The lowest BCUT2D eigenvalue weighted by atomic mass is 10.0. The molecular formula is C22H30N6O2. The van der Waals surface area contributed by atoms with Gasteiger partial charge in [0.25, 0.3) is 5.91 Å². The molecular weight excluding hydrogens is 380 g/mol. The van der Waals surface area contributed by atoms with E-state index < -0.39 is 0 Å². The monoisotopic (exact) mass is 410 g/mol. The molecule has 0 bridgehead atoms. The number of anilines is 2. The number of carbonyl (C=O) groups is 1. The molecule has 0 atom stereocenters. The Morgan fingerprint density at radius 2 is 2.07 bits per heavy atom. The van der Waals surface area contributed by atoms with Gasteiger partial charge in [-0.3, -0.25) is 4.79 Å². The van der Waals surface area contributed by atoms with E-state index in [2.05, 4.69) is 33.6 Å². The predicted octanol–water partition coefficient (Wildman–Crippen LogP) is 3.21. The Hall–Kier alpha value is -3.34. The van der Waals surface area contributed by atoms with Crippen molar-refractivity contribution < 1.29 is 9.53 Å². The molecule has 0 fully saturated rings. The second-order valence-electron chi connectivity index (χ2n) is 7.00. The minimum Gasteiger partial charge on any atom is -0.496 e. The minimum atomic E-state index is -0.177. The Bertz CT molecular complexity index is 907. The number of amides is 1. The summed E-state index contributed by atoms with van der Waals surface area (Å²) in [4.78, 5) is 21.2. The minimum absolute atomic E-state index is 0.177. The maximum absolute atomic E-state index is 12.5. The Morgan fingerprint density at radius 1 is 1.27 bits per heavy atom. The number of ether oxygens (including phenoxy) is 1. The smallest absolute Gasteiger partial charge is 0.251 e. The van der Waals surface area contributed by atoms with E-state index in [0.29, 0.717) is 42.9 Å². The number of rotatable bonds is 11. The van der Waals surface area contributed by atoms with Crippen LogP contribution in [0.5, 0.6) is 5.75 Å². The van der Waals surface area contributed by atoms with Gasteiger partial charge in [-0.25, -0.2) is 4.98 Å². The van der Waals surface area contributed by atoms with Gasteiger partial charge in [-0.05, 0) is 43.5 Å². The van der Waals surface area contributed by atoms with Crippen LogP contribution >= 0.6 is 0 Å². The fourth-order valence-electron chi connectivity index (χ4n) is 3.08. The van der Waals surface area contributed by atoms with Crippen LogP contribution in [0.1, 0.15) is 59.8 Å². The third-order valence-electron chi connectivity index (χ3n) is 4.71. The quantitative estimate of drug-likeness (QED) is 0.486. The van der Waals surface area contributed by atoms with E-state index in [0.717, 1.165) is 36.2 Å². The summed E-state index contributed by atoms with van der Waals surface area (Å²) in [6, 6.07) is 7.41. The van der Waals surface area contributed by atoms with Crippen molar-refractivity contribution in [2.75, 3.05) is 31.2 Å². The van der Waals surface area contributed by atoms with Crippen LogP contribution in [0, 0.1) is 18.3 Å². The number of nitrogens with one attached hydrogen (secondary N) is 2.